The summed E-state index contributed by atoms with van der Waals surface area (Å²) < 4.78 is 0. The van der Waals surface area contributed by atoms with Gasteiger partial charge in [-0.25, -0.2) is 0 Å². The molecule has 120 valence electrons. The van der Waals surface area contributed by atoms with E-state index in [9.17, 15) is 14.4 Å². The van der Waals surface area contributed by atoms with E-state index >= 15 is 0 Å². The van der Waals surface area contributed by atoms with Gasteiger partial charge in [0.2, 0.25) is 22.9 Å². The quantitative estimate of drug-likeness (QED) is 0.658. The molecule has 2 heterocycles. The molecule has 0 aromatic carbocycles. The van der Waals surface area contributed by atoms with Crippen LogP contribution in [0.5, 0.6) is 0 Å². The number of aromatic nitrogens is 2. The Kier molecular flexibility index (Phi) is 3.29. The molecule has 4 aliphatic rings. The number of aryl methyl sites for hydroxylation is 1. The fourth-order valence-electron chi connectivity index (χ4n) is 3.94. The van der Waals surface area contributed by atoms with Crippen molar-refractivity contribution >= 4 is 34.2 Å². The molecule has 0 radical (unpaired) electrons. The normalized spacial score (nSPS) is 31.6. The lowest BCUT2D eigenvalue weighted by atomic mass is 9.63. The van der Waals surface area contributed by atoms with Crippen LogP contribution in [0.2, 0.25) is 0 Å². The Morgan fingerprint density at radius 2 is 1.83 bits per heavy atom. The number of allylic oxidation sites excluding steroid dienone is 2. The van der Waals surface area contributed by atoms with Gasteiger partial charge in [-0.3, -0.25) is 24.6 Å². The van der Waals surface area contributed by atoms with Crippen LogP contribution in [-0.2, 0) is 14.4 Å². The molecule has 1 saturated carbocycles. The minimum absolute atomic E-state index is 0.139. The number of carbonyl (C=O) groups excluding carboxylic acids is 3. The lowest BCUT2D eigenvalue weighted by Gasteiger charge is -2.38. The predicted octanol–water partition coefficient (Wildman–Crippen LogP) is 0.982. The zero-order valence-corrected chi connectivity index (χ0v) is 13.4. The third kappa shape index (κ3) is 2.28. The molecule has 7 nitrogen and oxygen atoms in total. The lowest BCUT2D eigenvalue weighted by Crippen LogP contribution is -2.38. The molecule has 2 bridgehead atoms. The van der Waals surface area contributed by atoms with E-state index in [1.807, 2.05) is 0 Å². The molecule has 1 N–H and O–H groups in total. The van der Waals surface area contributed by atoms with Crippen molar-refractivity contribution in [1.82, 2.24) is 15.1 Å². The molecule has 0 unspecified atom stereocenters. The van der Waals surface area contributed by atoms with E-state index < -0.39 is 5.91 Å². The van der Waals surface area contributed by atoms with Crippen LogP contribution in [0.4, 0.5) is 5.13 Å². The monoisotopic (exact) mass is 332 g/mol. The Balaban J connectivity index is 1.48. The fourth-order valence-corrected chi connectivity index (χ4v) is 4.55. The number of likely N-dealkylation sites (tertiary alicyclic amines) is 1. The maximum Gasteiger partial charge on any atom is 0.246 e. The first-order valence-corrected chi connectivity index (χ1v) is 8.50. The van der Waals surface area contributed by atoms with Crippen molar-refractivity contribution in [2.75, 3.05) is 11.9 Å². The number of fused-ring (bicyclic) bond motifs is 1. The van der Waals surface area contributed by atoms with Crippen LogP contribution in [0.25, 0.3) is 0 Å². The van der Waals surface area contributed by atoms with E-state index in [2.05, 4.69) is 27.7 Å². The molecular weight excluding hydrogens is 316 g/mol. The third-order valence-corrected chi connectivity index (χ3v) is 5.68. The fraction of sp³-hybridized carbons (Fsp3) is 0.533. The van der Waals surface area contributed by atoms with Crippen LogP contribution in [0, 0.1) is 30.6 Å². The van der Waals surface area contributed by atoms with E-state index in [0.717, 1.165) is 22.7 Å². The molecular formula is C15H16N4O3S. The van der Waals surface area contributed by atoms with Crippen molar-refractivity contribution < 1.29 is 14.4 Å². The van der Waals surface area contributed by atoms with Crippen LogP contribution >= 0.6 is 11.3 Å². The van der Waals surface area contributed by atoms with Gasteiger partial charge in [0, 0.05) is 0 Å². The molecule has 3 aliphatic carbocycles. The first-order chi connectivity index (χ1) is 11.0. The Morgan fingerprint density at radius 1 is 1.22 bits per heavy atom. The molecule has 1 aliphatic heterocycles. The Labute approximate surface area is 136 Å². The van der Waals surface area contributed by atoms with Crippen molar-refractivity contribution in [2.45, 2.75) is 19.8 Å². The molecule has 1 saturated heterocycles. The van der Waals surface area contributed by atoms with Gasteiger partial charge in [-0.1, -0.05) is 23.5 Å². The minimum atomic E-state index is -0.415. The number of hydrogen-bond donors (Lipinski definition) is 1. The van der Waals surface area contributed by atoms with E-state index in [-0.39, 0.29) is 42.0 Å². The Morgan fingerprint density at radius 3 is 2.30 bits per heavy atom. The van der Waals surface area contributed by atoms with Crippen molar-refractivity contribution in [1.29, 1.82) is 0 Å². The van der Waals surface area contributed by atoms with E-state index in [1.165, 1.54) is 11.3 Å². The summed E-state index contributed by atoms with van der Waals surface area (Å²) in [7, 11) is 0. The Hall–Kier alpha value is -2.09. The van der Waals surface area contributed by atoms with Crippen LogP contribution < -0.4 is 5.32 Å². The molecule has 1 aromatic rings. The summed E-state index contributed by atoms with van der Waals surface area (Å²) >= 11 is 1.25. The van der Waals surface area contributed by atoms with Gasteiger partial charge in [0.05, 0.1) is 11.8 Å². The second-order valence-electron chi connectivity index (χ2n) is 6.28. The van der Waals surface area contributed by atoms with Gasteiger partial charge in [-0.05, 0) is 31.6 Å². The van der Waals surface area contributed by atoms with Crippen LogP contribution in [0.1, 0.15) is 17.8 Å². The van der Waals surface area contributed by atoms with Gasteiger partial charge >= 0.3 is 0 Å². The summed E-state index contributed by atoms with van der Waals surface area (Å²) in [6, 6.07) is 0. The number of hydrogen-bond acceptors (Lipinski definition) is 6. The number of anilines is 1. The van der Waals surface area contributed by atoms with Gasteiger partial charge < -0.3 is 0 Å². The summed E-state index contributed by atoms with van der Waals surface area (Å²) in [5, 5.41) is 11.3. The van der Waals surface area contributed by atoms with Crippen molar-refractivity contribution in [2.24, 2.45) is 23.7 Å². The molecule has 23 heavy (non-hydrogen) atoms. The molecule has 4 atom stereocenters. The highest BCUT2D eigenvalue weighted by atomic mass is 32.1. The zero-order chi connectivity index (χ0) is 16.1. The van der Waals surface area contributed by atoms with Crippen molar-refractivity contribution in [3.63, 3.8) is 0 Å². The molecule has 8 heteroatoms. The van der Waals surface area contributed by atoms with Crippen LogP contribution in [-0.4, -0.2) is 39.4 Å². The lowest BCUT2D eigenvalue weighted by molar-refractivity contribution is -0.142. The SMILES string of the molecule is Cc1nnc(NC(=O)CN2C(=O)[C@@H]3[C@H](C2=O)[C@H]2C=C[C@H]3CC2)s1. The first-order valence-electron chi connectivity index (χ1n) is 7.68. The summed E-state index contributed by atoms with van der Waals surface area (Å²) in [6.07, 6.45) is 6.03. The number of carbonyl (C=O) groups is 3. The van der Waals surface area contributed by atoms with Crippen molar-refractivity contribution in [3.8, 4) is 0 Å². The largest absolute Gasteiger partial charge is 0.299 e. The number of amides is 3. The van der Waals surface area contributed by atoms with Crippen molar-refractivity contribution in [3.05, 3.63) is 17.2 Å². The first kappa shape index (κ1) is 14.5. The highest BCUT2D eigenvalue weighted by molar-refractivity contribution is 7.15. The second-order valence-corrected chi connectivity index (χ2v) is 7.46. The summed E-state index contributed by atoms with van der Waals surface area (Å²) in [6.45, 7) is 1.54. The second kappa shape index (κ2) is 5.23. The highest BCUT2D eigenvalue weighted by Gasteiger charge is 2.56. The summed E-state index contributed by atoms with van der Waals surface area (Å²) in [5.74, 6) is -1.10. The maximum atomic E-state index is 12.6. The maximum absolute atomic E-state index is 12.6. The molecule has 0 spiro atoms. The van der Waals surface area contributed by atoms with Gasteiger partial charge in [-0.15, -0.1) is 10.2 Å². The van der Waals surface area contributed by atoms with E-state index in [1.54, 1.807) is 6.92 Å². The Bertz CT molecular complexity index is 696. The number of nitrogens with zero attached hydrogens (tertiary/aromatic N) is 3. The van der Waals surface area contributed by atoms with Crippen LogP contribution in [0.15, 0.2) is 12.2 Å². The number of imide groups is 1. The predicted molar refractivity (Wildman–Crippen MR) is 82.3 cm³/mol. The third-order valence-electron chi connectivity index (χ3n) is 4.92. The summed E-state index contributed by atoms with van der Waals surface area (Å²) in [5.41, 5.74) is 0. The smallest absolute Gasteiger partial charge is 0.246 e. The topological polar surface area (TPSA) is 92.3 Å². The van der Waals surface area contributed by atoms with Gasteiger partial charge in [0.25, 0.3) is 0 Å². The average Bonchev–Trinajstić information content (AvgIpc) is 3.06. The standard InChI is InChI=1S/C15H16N4O3S/c1-7-17-18-15(23-7)16-10(20)6-19-13(21)11-8-2-3-9(5-4-8)12(11)14(19)22/h2-3,8-9,11-12H,4-6H2,1H3,(H,16,18,20)/t8-,9-,11-,12+/m0/s1. The minimum Gasteiger partial charge on any atom is -0.299 e. The highest BCUT2D eigenvalue weighted by Crippen LogP contribution is 2.49. The molecule has 2 fully saturated rings. The van der Waals surface area contributed by atoms with Gasteiger partial charge in [-0.2, -0.15) is 0 Å². The number of nitrogens with one attached hydrogen (secondary N) is 1. The van der Waals surface area contributed by atoms with E-state index in [0.29, 0.717) is 5.13 Å². The van der Waals surface area contributed by atoms with Gasteiger partial charge in [0.1, 0.15) is 11.6 Å². The molecule has 3 amide bonds. The van der Waals surface area contributed by atoms with Gasteiger partial charge in [0.15, 0.2) is 0 Å². The zero-order valence-electron chi connectivity index (χ0n) is 12.6. The molecule has 1 aromatic heterocycles. The van der Waals surface area contributed by atoms with E-state index in [4.69, 9.17) is 0 Å². The number of rotatable bonds is 3. The molecule has 5 rings (SSSR count). The van der Waals surface area contributed by atoms with Crippen LogP contribution in [0.3, 0.4) is 0 Å². The average molecular weight is 332 g/mol. The summed E-state index contributed by atoms with van der Waals surface area (Å²) in [4.78, 5) is 38.4.